The molecule has 124 valence electrons. The average molecular weight is 394 g/mol. The molecule has 1 heterocycles. The Morgan fingerprint density at radius 3 is 2.44 bits per heavy atom. The third-order valence-electron chi connectivity index (χ3n) is 3.93. The van der Waals surface area contributed by atoms with Gasteiger partial charge in [-0.1, -0.05) is 34.1 Å². The van der Waals surface area contributed by atoms with E-state index in [1.165, 1.54) is 0 Å². The number of anilines is 2. The molecule has 0 saturated heterocycles. The normalized spacial score (nSPS) is 10.8. The molecule has 0 spiro atoms. The number of fused-ring (bicyclic) bond motifs is 1. The van der Waals surface area contributed by atoms with Crippen molar-refractivity contribution in [1.29, 1.82) is 0 Å². The lowest BCUT2D eigenvalue weighted by atomic mass is 10.3. The first-order chi connectivity index (χ1) is 12.2. The van der Waals surface area contributed by atoms with E-state index in [1.807, 2.05) is 84.4 Å². The number of benzene rings is 3. The van der Waals surface area contributed by atoms with Gasteiger partial charge in [-0.3, -0.25) is 0 Å². The molecule has 0 radical (unpaired) electrons. The molecule has 0 bridgehead atoms. The lowest BCUT2D eigenvalue weighted by molar-refractivity contribution is 0.483. The van der Waals surface area contributed by atoms with Gasteiger partial charge >= 0.3 is 0 Å². The summed E-state index contributed by atoms with van der Waals surface area (Å²) in [4.78, 5) is 4.69. The van der Waals surface area contributed by atoms with E-state index in [-0.39, 0.29) is 0 Å². The summed E-state index contributed by atoms with van der Waals surface area (Å²) in [5.41, 5.74) is 2.91. The molecule has 0 atom stereocenters. The summed E-state index contributed by atoms with van der Waals surface area (Å²) in [6.07, 6.45) is 0. The van der Waals surface area contributed by atoms with E-state index in [2.05, 4.69) is 21.2 Å². The van der Waals surface area contributed by atoms with Gasteiger partial charge in [0.25, 0.3) is 0 Å². The van der Waals surface area contributed by atoms with Crippen LogP contribution in [0.2, 0.25) is 0 Å². The van der Waals surface area contributed by atoms with E-state index in [1.54, 1.807) is 0 Å². The number of aryl methyl sites for hydroxylation is 1. The summed E-state index contributed by atoms with van der Waals surface area (Å²) >= 11 is 3.45. The van der Waals surface area contributed by atoms with Crippen molar-refractivity contribution in [3.63, 3.8) is 0 Å². The summed E-state index contributed by atoms with van der Waals surface area (Å²) in [5, 5.41) is 3.35. The van der Waals surface area contributed by atoms with Crippen molar-refractivity contribution in [1.82, 2.24) is 9.55 Å². The van der Waals surface area contributed by atoms with Gasteiger partial charge in [0, 0.05) is 23.3 Å². The second-order valence-electron chi connectivity index (χ2n) is 5.69. The van der Waals surface area contributed by atoms with Gasteiger partial charge in [-0.15, -0.1) is 0 Å². The molecule has 0 aliphatic rings. The predicted molar refractivity (Wildman–Crippen MR) is 105 cm³/mol. The Balaban J connectivity index is 1.63. The van der Waals surface area contributed by atoms with Gasteiger partial charge in [0.2, 0.25) is 5.95 Å². The molecule has 4 nitrogen and oxygen atoms in total. The molecule has 0 aliphatic heterocycles. The van der Waals surface area contributed by atoms with E-state index in [4.69, 9.17) is 9.72 Å². The van der Waals surface area contributed by atoms with Gasteiger partial charge in [-0.25, -0.2) is 4.98 Å². The largest absolute Gasteiger partial charge is 0.457 e. The van der Waals surface area contributed by atoms with Gasteiger partial charge in [0.15, 0.2) is 0 Å². The van der Waals surface area contributed by atoms with Crippen LogP contribution in [0.4, 0.5) is 11.6 Å². The van der Waals surface area contributed by atoms with Gasteiger partial charge in [0.05, 0.1) is 11.0 Å². The van der Waals surface area contributed by atoms with Crippen LogP contribution in [-0.4, -0.2) is 9.55 Å². The number of ether oxygens (including phenoxy) is 1. The lowest BCUT2D eigenvalue weighted by Gasteiger charge is -2.06. The Morgan fingerprint density at radius 1 is 0.920 bits per heavy atom. The van der Waals surface area contributed by atoms with Crippen LogP contribution < -0.4 is 10.1 Å². The minimum absolute atomic E-state index is 0.770. The highest BCUT2D eigenvalue weighted by atomic mass is 79.9. The lowest BCUT2D eigenvalue weighted by Crippen LogP contribution is -1.98. The van der Waals surface area contributed by atoms with E-state index in [0.29, 0.717) is 0 Å². The first-order valence-electron chi connectivity index (χ1n) is 7.91. The second-order valence-corrected chi connectivity index (χ2v) is 6.61. The van der Waals surface area contributed by atoms with Gasteiger partial charge < -0.3 is 14.6 Å². The SMILES string of the molecule is Cn1c(Nc2ccc(Br)cc2)nc2cc(Oc3ccccc3)ccc21. The molecule has 1 N–H and O–H groups in total. The molecule has 0 amide bonds. The first kappa shape index (κ1) is 15.7. The number of aromatic nitrogens is 2. The minimum atomic E-state index is 0.770. The van der Waals surface area contributed by atoms with Crippen LogP contribution >= 0.6 is 15.9 Å². The van der Waals surface area contributed by atoms with Crippen molar-refractivity contribution in [3.8, 4) is 11.5 Å². The number of hydrogen-bond donors (Lipinski definition) is 1. The Hall–Kier alpha value is -2.79. The number of halogens is 1. The molecule has 0 aliphatic carbocycles. The fraction of sp³-hybridized carbons (Fsp3) is 0.0500. The summed E-state index contributed by atoms with van der Waals surface area (Å²) in [6, 6.07) is 23.7. The number of imidazole rings is 1. The minimum Gasteiger partial charge on any atom is -0.457 e. The number of rotatable bonds is 4. The number of nitrogens with one attached hydrogen (secondary N) is 1. The fourth-order valence-corrected chi connectivity index (χ4v) is 2.91. The third-order valence-corrected chi connectivity index (χ3v) is 4.46. The van der Waals surface area contributed by atoms with Crippen LogP contribution in [0.15, 0.2) is 77.3 Å². The van der Waals surface area contributed by atoms with E-state index < -0.39 is 0 Å². The molecule has 0 saturated carbocycles. The van der Waals surface area contributed by atoms with Crippen LogP contribution in [0.1, 0.15) is 0 Å². The van der Waals surface area contributed by atoms with Crippen molar-refractivity contribution < 1.29 is 4.74 Å². The van der Waals surface area contributed by atoms with Gasteiger partial charge in [-0.2, -0.15) is 0 Å². The molecule has 0 unspecified atom stereocenters. The maximum Gasteiger partial charge on any atom is 0.208 e. The van der Waals surface area contributed by atoms with Gasteiger partial charge in [0.1, 0.15) is 11.5 Å². The zero-order valence-corrected chi connectivity index (χ0v) is 15.2. The zero-order chi connectivity index (χ0) is 17.2. The van der Waals surface area contributed by atoms with Crippen molar-refractivity contribution in [2.24, 2.45) is 7.05 Å². The highest BCUT2D eigenvalue weighted by Crippen LogP contribution is 2.28. The molecule has 0 fully saturated rings. The first-order valence-corrected chi connectivity index (χ1v) is 8.70. The second kappa shape index (κ2) is 6.61. The molecule has 4 aromatic rings. The third kappa shape index (κ3) is 3.37. The van der Waals surface area contributed by atoms with Crippen LogP contribution in [0.25, 0.3) is 11.0 Å². The molecule has 5 heteroatoms. The smallest absolute Gasteiger partial charge is 0.208 e. The number of nitrogens with zero attached hydrogens (tertiary/aromatic N) is 2. The summed E-state index contributed by atoms with van der Waals surface area (Å²) < 4.78 is 8.97. The van der Waals surface area contributed by atoms with Crippen LogP contribution in [0.3, 0.4) is 0 Å². The predicted octanol–water partition coefficient (Wildman–Crippen LogP) is 5.87. The molecule has 4 rings (SSSR count). The Morgan fingerprint density at radius 2 is 1.68 bits per heavy atom. The molecule has 25 heavy (non-hydrogen) atoms. The summed E-state index contributed by atoms with van der Waals surface area (Å²) in [7, 11) is 1.99. The fourth-order valence-electron chi connectivity index (χ4n) is 2.64. The highest BCUT2D eigenvalue weighted by Gasteiger charge is 2.09. The maximum absolute atomic E-state index is 5.89. The quantitative estimate of drug-likeness (QED) is 0.470. The molecular weight excluding hydrogens is 378 g/mol. The topological polar surface area (TPSA) is 39.1 Å². The average Bonchev–Trinajstić information content (AvgIpc) is 2.93. The summed E-state index contributed by atoms with van der Waals surface area (Å²) in [6.45, 7) is 0. The van der Waals surface area contributed by atoms with Crippen LogP contribution in [0, 0.1) is 0 Å². The van der Waals surface area contributed by atoms with E-state index >= 15 is 0 Å². The monoisotopic (exact) mass is 393 g/mol. The van der Waals surface area contributed by atoms with Crippen LogP contribution in [-0.2, 0) is 7.05 Å². The Labute approximate surface area is 154 Å². The Kier molecular flexibility index (Phi) is 4.15. The number of hydrogen-bond acceptors (Lipinski definition) is 3. The molecule has 1 aromatic heterocycles. The van der Waals surface area contributed by atoms with Crippen molar-refractivity contribution in [3.05, 3.63) is 77.3 Å². The molecular formula is C20H16BrN3O. The Bertz CT molecular complexity index is 1010. The standard InChI is InChI=1S/C20H16BrN3O/c1-24-19-12-11-17(25-16-5-3-2-4-6-16)13-18(19)23-20(24)22-15-9-7-14(21)8-10-15/h2-13H,1H3,(H,22,23). The number of para-hydroxylation sites is 1. The highest BCUT2D eigenvalue weighted by molar-refractivity contribution is 9.10. The molecule has 3 aromatic carbocycles. The maximum atomic E-state index is 5.89. The van der Waals surface area contributed by atoms with Crippen molar-refractivity contribution >= 4 is 38.6 Å². The summed E-state index contributed by atoms with van der Waals surface area (Å²) in [5.74, 6) is 2.37. The van der Waals surface area contributed by atoms with Crippen molar-refractivity contribution in [2.45, 2.75) is 0 Å². The van der Waals surface area contributed by atoms with E-state index in [9.17, 15) is 0 Å². The van der Waals surface area contributed by atoms with Crippen LogP contribution in [0.5, 0.6) is 11.5 Å². The zero-order valence-electron chi connectivity index (χ0n) is 13.6. The van der Waals surface area contributed by atoms with Gasteiger partial charge in [-0.05, 0) is 48.5 Å². The van der Waals surface area contributed by atoms with Crippen molar-refractivity contribution in [2.75, 3.05) is 5.32 Å². The van der Waals surface area contributed by atoms with E-state index in [0.717, 1.165) is 38.6 Å².